The van der Waals surface area contributed by atoms with Crippen molar-refractivity contribution in [3.8, 4) is 5.75 Å². The topological polar surface area (TPSA) is 108 Å². The van der Waals surface area contributed by atoms with E-state index in [-0.39, 0.29) is 11.7 Å². The van der Waals surface area contributed by atoms with Crippen LogP contribution in [0.5, 0.6) is 5.75 Å². The Morgan fingerprint density at radius 1 is 1.10 bits per heavy atom. The third kappa shape index (κ3) is 7.31. The maximum Gasteiger partial charge on any atom is 0.412 e. The molecule has 0 heterocycles. The van der Waals surface area contributed by atoms with Gasteiger partial charge < -0.3 is 9.84 Å². The number of amides is 2. The number of nitrogens with one attached hydrogen (secondary N) is 2. The van der Waals surface area contributed by atoms with Crippen molar-refractivity contribution in [1.82, 2.24) is 5.48 Å². The van der Waals surface area contributed by atoms with Crippen LogP contribution >= 0.6 is 0 Å². The molecule has 2 atom stereocenters. The first-order valence-corrected chi connectivity index (χ1v) is 9.33. The second-order valence-corrected chi connectivity index (χ2v) is 6.84. The van der Waals surface area contributed by atoms with Gasteiger partial charge in [-0.15, -0.1) is 0 Å². The predicted molar refractivity (Wildman–Crippen MR) is 110 cm³/mol. The number of carbonyl (C=O) groups excluding carboxylic acids is 2. The first-order chi connectivity index (χ1) is 13.9. The van der Waals surface area contributed by atoms with Gasteiger partial charge >= 0.3 is 6.09 Å². The van der Waals surface area contributed by atoms with E-state index in [1.807, 2.05) is 26.0 Å². The van der Waals surface area contributed by atoms with Crippen LogP contribution in [0.2, 0.25) is 0 Å². The summed E-state index contributed by atoms with van der Waals surface area (Å²) in [7, 11) is 0. The molecular formula is C22H26N2O5. The zero-order valence-corrected chi connectivity index (χ0v) is 16.5. The number of aryl methyl sites for hydroxylation is 1. The minimum absolute atomic E-state index is 0.0647. The molecule has 0 aliphatic carbocycles. The number of aromatic hydroxyl groups is 1. The Morgan fingerprint density at radius 3 is 2.38 bits per heavy atom. The lowest BCUT2D eigenvalue weighted by atomic mass is 9.93. The lowest BCUT2D eigenvalue weighted by Crippen LogP contribution is -2.22. The second kappa shape index (κ2) is 10.9. The van der Waals surface area contributed by atoms with Crippen LogP contribution in [0.1, 0.15) is 37.0 Å². The van der Waals surface area contributed by atoms with Crippen LogP contribution in [0, 0.1) is 12.8 Å². The highest BCUT2D eigenvalue weighted by Crippen LogP contribution is 2.31. The molecule has 7 heteroatoms. The van der Waals surface area contributed by atoms with E-state index in [1.54, 1.807) is 42.5 Å². The molecule has 29 heavy (non-hydrogen) atoms. The van der Waals surface area contributed by atoms with Crippen LogP contribution in [0.4, 0.5) is 10.5 Å². The van der Waals surface area contributed by atoms with Gasteiger partial charge in [-0.2, -0.15) is 0 Å². The van der Waals surface area contributed by atoms with Crippen molar-refractivity contribution >= 4 is 17.7 Å². The number of phenols is 1. The van der Waals surface area contributed by atoms with Crippen molar-refractivity contribution < 1.29 is 24.6 Å². The van der Waals surface area contributed by atoms with E-state index in [0.29, 0.717) is 18.5 Å². The number of rotatable bonds is 8. The molecule has 2 aromatic rings. The van der Waals surface area contributed by atoms with E-state index in [4.69, 9.17) is 9.94 Å². The van der Waals surface area contributed by atoms with Crippen LogP contribution in [0.15, 0.2) is 60.7 Å². The summed E-state index contributed by atoms with van der Waals surface area (Å²) < 4.78 is 5.70. The summed E-state index contributed by atoms with van der Waals surface area (Å²) in [6.45, 7) is 3.90. The standard InChI is InChI=1S/C22H26N2O5/c1-15-7-11-18(12-8-15)23-22(27)29-21(17-9-13-19(25)14-10-17)16(2)5-3-4-6-20(26)24-28/h4,6-14,16,21,25,28H,3,5H2,1-2H3,(H,23,27)(H,24,26)/b6-4+/t16-,21+/m0/s1. The number of hydrogen-bond donors (Lipinski definition) is 4. The molecule has 2 rings (SSSR count). The molecule has 0 radical (unpaired) electrons. The molecule has 0 unspecified atom stereocenters. The van der Waals surface area contributed by atoms with Crippen molar-refractivity contribution in [3.63, 3.8) is 0 Å². The number of hydroxylamine groups is 1. The average molecular weight is 398 g/mol. The Kier molecular flexibility index (Phi) is 8.24. The highest BCUT2D eigenvalue weighted by molar-refractivity contribution is 5.86. The molecule has 0 aromatic heterocycles. The van der Waals surface area contributed by atoms with E-state index in [9.17, 15) is 14.7 Å². The number of benzene rings is 2. The molecule has 0 aliphatic heterocycles. The Bertz CT molecular complexity index is 831. The summed E-state index contributed by atoms with van der Waals surface area (Å²) in [4.78, 5) is 23.5. The Labute approximate surface area is 170 Å². The fourth-order valence-electron chi connectivity index (χ4n) is 2.81. The Balaban J connectivity index is 2.06. The molecule has 7 nitrogen and oxygen atoms in total. The molecule has 0 bridgehead atoms. The third-order valence-corrected chi connectivity index (χ3v) is 4.44. The van der Waals surface area contributed by atoms with Gasteiger partial charge in [0.15, 0.2) is 0 Å². The molecular weight excluding hydrogens is 372 g/mol. The lowest BCUT2D eigenvalue weighted by Gasteiger charge is -2.24. The van der Waals surface area contributed by atoms with Gasteiger partial charge in [0.25, 0.3) is 5.91 Å². The van der Waals surface area contributed by atoms with Gasteiger partial charge in [-0.25, -0.2) is 10.3 Å². The van der Waals surface area contributed by atoms with Gasteiger partial charge in [0.05, 0.1) is 0 Å². The van der Waals surface area contributed by atoms with E-state index in [1.165, 1.54) is 11.6 Å². The smallest absolute Gasteiger partial charge is 0.412 e. The molecule has 4 N–H and O–H groups in total. The fraction of sp³-hybridized carbons (Fsp3) is 0.273. The summed E-state index contributed by atoms with van der Waals surface area (Å²) >= 11 is 0. The summed E-state index contributed by atoms with van der Waals surface area (Å²) in [6, 6.07) is 13.9. The van der Waals surface area contributed by atoms with Crippen LogP contribution in [0.3, 0.4) is 0 Å². The van der Waals surface area contributed by atoms with Gasteiger partial charge in [-0.3, -0.25) is 15.3 Å². The van der Waals surface area contributed by atoms with Gasteiger partial charge in [-0.1, -0.05) is 42.8 Å². The first kappa shape index (κ1) is 22.0. The number of ether oxygens (including phenoxy) is 1. The number of anilines is 1. The molecule has 0 fully saturated rings. The molecule has 0 spiro atoms. The normalized spacial score (nSPS) is 12.9. The number of hydrogen-bond acceptors (Lipinski definition) is 5. The summed E-state index contributed by atoms with van der Waals surface area (Å²) in [6.07, 6.45) is 2.97. The predicted octanol–water partition coefficient (Wildman–Crippen LogP) is 4.47. The van der Waals surface area contributed by atoms with E-state index >= 15 is 0 Å². The number of allylic oxidation sites excluding steroid dienone is 1. The zero-order valence-electron chi connectivity index (χ0n) is 16.5. The van der Waals surface area contributed by atoms with Gasteiger partial charge in [-0.05, 0) is 55.5 Å². The maximum absolute atomic E-state index is 12.4. The molecule has 0 saturated carbocycles. The van der Waals surface area contributed by atoms with E-state index in [2.05, 4.69) is 5.32 Å². The second-order valence-electron chi connectivity index (χ2n) is 6.84. The molecule has 0 saturated heterocycles. The van der Waals surface area contributed by atoms with Gasteiger partial charge in [0.2, 0.25) is 0 Å². The SMILES string of the molecule is Cc1ccc(NC(=O)O[C@@H](c2ccc(O)cc2)[C@@H](C)CC/C=C/C(=O)NO)cc1. The summed E-state index contributed by atoms with van der Waals surface area (Å²) in [5.74, 6) is -0.533. The van der Waals surface area contributed by atoms with Crippen molar-refractivity contribution in [2.75, 3.05) is 5.32 Å². The number of carbonyl (C=O) groups is 2. The average Bonchev–Trinajstić information content (AvgIpc) is 2.71. The molecule has 2 amide bonds. The molecule has 0 aliphatic rings. The largest absolute Gasteiger partial charge is 0.508 e. The lowest BCUT2D eigenvalue weighted by molar-refractivity contribution is -0.124. The summed E-state index contributed by atoms with van der Waals surface area (Å²) in [5, 5.41) is 20.8. The summed E-state index contributed by atoms with van der Waals surface area (Å²) in [5.41, 5.74) is 4.01. The van der Waals surface area contributed by atoms with Crippen molar-refractivity contribution in [1.29, 1.82) is 0 Å². The van der Waals surface area contributed by atoms with Crippen LogP contribution in [-0.2, 0) is 9.53 Å². The monoisotopic (exact) mass is 398 g/mol. The van der Waals surface area contributed by atoms with Crippen molar-refractivity contribution in [3.05, 3.63) is 71.8 Å². The minimum atomic E-state index is -0.596. The quantitative estimate of drug-likeness (QED) is 0.298. The van der Waals surface area contributed by atoms with Gasteiger partial charge in [0, 0.05) is 11.8 Å². The van der Waals surface area contributed by atoms with Crippen LogP contribution in [0.25, 0.3) is 0 Å². The van der Waals surface area contributed by atoms with Crippen LogP contribution < -0.4 is 10.8 Å². The molecule has 2 aromatic carbocycles. The zero-order chi connectivity index (χ0) is 21.2. The first-order valence-electron chi connectivity index (χ1n) is 9.33. The maximum atomic E-state index is 12.4. The third-order valence-electron chi connectivity index (χ3n) is 4.44. The highest BCUT2D eigenvalue weighted by atomic mass is 16.6. The van der Waals surface area contributed by atoms with Gasteiger partial charge in [0.1, 0.15) is 11.9 Å². The number of phenolic OH excluding ortho intramolecular Hbond substituents is 1. The highest BCUT2D eigenvalue weighted by Gasteiger charge is 2.23. The van der Waals surface area contributed by atoms with E-state index < -0.39 is 18.1 Å². The fourth-order valence-corrected chi connectivity index (χ4v) is 2.81. The minimum Gasteiger partial charge on any atom is -0.508 e. The molecule has 154 valence electrons. The Hall–Kier alpha value is -3.32. The van der Waals surface area contributed by atoms with Crippen molar-refractivity contribution in [2.24, 2.45) is 5.92 Å². The van der Waals surface area contributed by atoms with Crippen molar-refractivity contribution in [2.45, 2.75) is 32.8 Å². The Morgan fingerprint density at radius 2 is 1.76 bits per heavy atom. The van der Waals surface area contributed by atoms with Crippen LogP contribution in [-0.4, -0.2) is 22.3 Å². The van der Waals surface area contributed by atoms with E-state index in [0.717, 1.165) is 11.1 Å².